The zero-order chi connectivity index (χ0) is 19.2. The molecule has 7 heteroatoms. The lowest BCUT2D eigenvalue weighted by Crippen LogP contribution is -2.44. The summed E-state index contributed by atoms with van der Waals surface area (Å²) in [5, 5.41) is 6.08. The lowest BCUT2D eigenvalue weighted by molar-refractivity contribution is 0.193. The van der Waals surface area contributed by atoms with Crippen molar-refractivity contribution in [1.29, 1.82) is 0 Å². The van der Waals surface area contributed by atoms with Crippen molar-refractivity contribution in [3.05, 3.63) is 48.3 Å². The number of furan rings is 2. The number of carbonyl (C=O) groups excluding carboxylic acids is 1. The Kier molecular flexibility index (Phi) is 6.34. The third-order valence-electron chi connectivity index (χ3n) is 5.82. The number of carbonyl (C=O) groups is 1. The summed E-state index contributed by atoms with van der Waals surface area (Å²) in [4.78, 5) is 17.3. The van der Waals surface area contributed by atoms with Gasteiger partial charge in [0.1, 0.15) is 11.5 Å². The molecule has 2 amide bonds. The minimum absolute atomic E-state index is 0.0858. The highest BCUT2D eigenvalue weighted by atomic mass is 16.3. The van der Waals surface area contributed by atoms with E-state index in [-0.39, 0.29) is 18.1 Å². The lowest BCUT2D eigenvalue weighted by Gasteiger charge is -2.27. The highest BCUT2D eigenvalue weighted by Gasteiger charge is 2.28. The lowest BCUT2D eigenvalue weighted by atomic mass is 10.2. The van der Waals surface area contributed by atoms with Crippen LogP contribution in [0.5, 0.6) is 0 Å². The molecule has 0 radical (unpaired) electrons. The Morgan fingerprint density at radius 2 is 1.25 bits per heavy atom. The molecule has 4 heterocycles. The molecule has 2 aliphatic rings. The van der Waals surface area contributed by atoms with Gasteiger partial charge in [0.25, 0.3) is 0 Å². The van der Waals surface area contributed by atoms with Crippen LogP contribution in [0.25, 0.3) is 0 Å². The number of hydrogen-bond acceptors (Lipinski definition) is 5. The van der Waals surface area contributed by atoms with E-state index in [1.807, 2.05) is 24.3 Å². The highest BCUT2D eigenvalue weighted by Crippen LogP contribution is 2.26. The molecule has 2 N–H and O–H groups in total. The van der Waals surface area contributed by atoms with E-state index in [4.69, 9.17) is 8.83 Å². The third-order valence-corrected chi connectivity index (χ3v) is 5.82. The van der Waals surface area contributed by atoms with Crippen molar-refractivity contribution in [1.82, 2.24) is 20.4 Å². The number of nitrogens with one attached hydrogen (secondary N) is 2. The predicted octanol–water partition coefficient (Wildman–Crippen LogP) is 3.15. The molecule has 0 saturated carbocycles. The van der Waals surface area contributed by atoms with Gasteiger partial charge in [-0.3, -0.25) is 9.80 Å². The van der Waals surface area contributed by atoms with Crippen LogP contribution < -0.4 is 10.6 Å². The van der Waals surface area contributed by atoms with Crippen LogP contribution in [0.4, 0.5) is 4.79 Å². The molecule has 7 nitrogen and oxygen atoms in total. The first kappa shape index (κ1) is 19.1. The maximum absolute atomic E-state index is 12.5. The Morgan fingerprint density at radius 1 is 0.821 bits per heavy atom. The van der Waals surface area contributed by atoms with E-state index in [1.54, 1.807) is 12.5 Å². The summed E-state index contributed by atoms with van der Waals surface area (Å²) >= 11 is 0. The van der Waals surface area contributed by atoms with Crippen molar-refractivity contribution in [2.75, 3.05) is 39.3 Å². The Labute approximate surface area is 166 Å². The molecule has 0 aromatic carbocycles. The second-order valence-electron chi connectivity index (χ2n) is 7.64. The Morgan fingerprint density at radius 3 is 1.61 bits per heavy atom. The molecule has 2 aliphatic heterocycles. The van der Waals surface area contributed by atoms with Crippen molar-refractivity contribution in [2.45, 2.75) is 37.8 Å². The summed E-state index contributed by atoms with van der Waals surface area (Å²) in [6.45, 7) is 5.26. The van der Waals surface area contributed by atoms with E-state index in [1.165, 1.54) is 25.7 Å². The fraction of sp³-hybridized carbons (Fsp3) is 0.571. The quantitative estimate of drug-likeness (QED) is 0.729. The molecule has 4 rings (SSSR count). The third kappa shape index (κ3) is 4.59. The zero-order valence-electron chi connectivity index (χ0n) is 16.3. The molecular weight excluding hydrogens is 356 g/mol. The fourth-order valence-corrected chi connectivity index (χ4v) is 4.33. The van der Waals surface area contributed by atoms with Gasteiger partial charge in [0, 0.05) is 13.1 Å². The second-order valence-corrected chi connectivity index (χ2v) is 7.64. The topological polar surface area (TPSA) is 73.9 Å². The Bertz CT molecular complexity index is 644. The summed E-state index contributed by atoms with van der Waals surface area (Å²) in [6, 6.07) is 7.81. The van der Waals surface area contributed by atoms with Gasteiger partial charge in [0.05, 0.1) is 24.6 Å². The summed E-state index contributed by atoms with van der Waals surface area (Å²) in [5.74, 6) is 1.82. The van der Waals surface area contributed by atoms with Crippen LogP contribution in [0.1, 0.15) is 49.3 Å². The van der Waals surface area contributed by atoms with Crippen LogP contribution in [0.3, 0.4) is 0 Å². The molecule has 0 aliphatic carbocycles. The van der Waals surface area contributed by atoms with Crippen LogP contribution in [-0.2, 0) is 0 Å². The van der Waals surface area contributed by atoms with Crippen molar-refractivity contribution >= 4 is 6.03 Å². The number of amides is 2. The predicted molar refractivity (Wildman–Crippen MR) is 106 cm³/mol. The maximum atomic E-state index is 12.5. The van der Waals surface area contributed by atoms with Crippen molar-refractivity contribution in [3.8, 4) is 0 Å². The van der Waals surface area contributed by atoms with E-state index >= 15 is 0 Å². The molecule has 28 heavy (non-hydrogen) atoms. The standard InChI is InChI=1S/C21H30N4O3/c26-21(22-15-17(19-7-5-13-27-19)24-9-1-2-10-24)23-16-18(20-8-6-14-28-20)25-11-3-4-12-25/h5-8,13-14,17-18H,1-4,9-12,15-16H2,(H2,22,23,26). The van der Waals surface area contributed by atoms with Gasteiger partial charge in [-0.2, -0.15) is 0 Å². The van der Waals surface area contributed by atoms with Crippen molar-refractivity contribution in [3.63, 3.8) is 0 Å². The van der Waals surface area contributed by atoms with Gasteiger partial charge in [-0.15, -0.1) is 0 Å². The van der Waals surface area contributed by atoms with E-state index in [9.17, 15) is 4.79 Å². The van der Waals surface area contributed by atoms with E-state index in [0.717, 1.165) is 37.7 Å². The fourth-order valence-electron chi connectivity index (χ4n) is 4.33. The SMILES string of the molecule is O=C(NCC(c1ccco1)N1CCCC1)NCC(c1ccco1)N1CCCC1. The number of hydrogen-bond donors (Lipinski definition) is 2. The Balaban J connectivity index is 1.31. The average Bonchev–Trinajstić information content (AvgIpc) is 3.51. The van der Waals surface area contributed by atoms with Crippen molar-refractivity contribution in [2.24, 2.45) is 0 Å². The van der Waals surface area contributed by atoms with Gasteiger partial charge in [-0.1, -0.05) is 0 Å². The summed E-state index contributed by atoms with van der Waals surface area (Å²) in [7, 11) is 0. The van der Waals surface area contributed by atoms with E-state index in [0.29, 0.717) is 13.1 Å². The minimum atomic E-state index is -0.147. The molecular formula is C21H30N4O3. The van der Waals surface area contributed by atoms with Crippen LogP contribution in [-0.4, -0.2) is 55.1 Å². The van der Waals surface area contributed by atoms with Gasteiger partial charge in [0.15, 0.2) is 0 Å². The molecule has 152 valence electrons. The molecule has 0 bridgehead atoms. The smallest absolute Gasteiger partial charge is 0.314 e. The van der Waals surface area contributed by atoms with E-state index in [2.05, 4.69) is 20.4 Å². The van der Waals surface area contributed by atoms with Crippen LogP contribution >= 0.6 is 0 Å². The first-order chi connectivity index (χ1) is 13.8. The molecule has 2 unspecified atom stereocenters. The second kappa shape index (κ2) is 9.30. The van der Waals surface area contributed by atoms with Crippen LogP contribution in [0.2, 0.25) is 0 Å². The molecule has 2 atom stereocenters. The molecule has 2 fully saturated rings. The number of urea groups is 1. The van der Waals surface area contributed by atoms with Gasteiger partial charge >= 0.3 is 6.03 Å². The maximum Gasteiger partial charge on any atom is 0.314 e. The molecule has 2 saturated heterocycles. The van der Waals surface area contributed by atoms with Crippen LogP contribution in [0.15, 0.2) is 45.6 Å². The zero-order valence-corrected chi connectivity index (χ0v) is 16.3. The van der Waals surface area contributed by atoms with Gasteiger partial charge < -0.3 is 19.5 Å². The van der Waals surface area contributed by atoms with Crippen LogP contribution in [0, 0.1) is 0 Å². The first-order valence-corrected chi connectivity index (χ1v) is 10.4. The number of nitrogens with zero attached hydrogens (tertiary/aromatic N) is 2. The molecule has 0 spiro atoms. The van der Waals surface area contributed by atoms with E-state index < -0.39 is 0 Å². The van der Waals surface area contributed by atoms with Gasteiger partial charge in [0.2, 0.25) is 0 Å². The average molecular weight is 386 g/mol. The van der Waals surface area contributed by atoms with Crippen molar-refractivity contribution < 1.29 is 13.6 Å². The highest BCUT2D eigenvalue weighted by molar-refractivity contribution is 5.73. The number of rotatable bonds is 8. The largest absolute Gasteiger partial charge is 0.468 e. The molecule has 2 aromatic heterocycles. The summed E-state index contributed by atoms with van der Waals surface area (Å²) in [5.41, 5.74) is 0. The van der Waals surface area contributed by atoms with Gasteiger partial charge in [-0.25, -0.2) is 4.79 Å². The Hall–Kier alpha value is -2.25. The minimum Gasteiger partial charge on any atom is -0.468 e. The summed E-state index contributed by atoms with van der Waals surface area (Å²) < 4.78 is 11.2. The normalized spacial score (nSPS) is 20.3. The summed E-state index contributed by atoms with van der Waals surface area (Å²) in [6.07, 6.45) is 8.19. The first-order valence-electron chi connectivity index (χ1n) is 10.4. The number of likely N-dealkylation sites (tertiary alicyclic amines) is 2. The monoisotopic (exact) mass is 386 g/mol. The molecule has 2 aromatic rings. The van der Waals surface area contributed by atoms with Gasteiger partial charge in [-0.05, 0) is 76.1 Å².